The van der Waals surface area contributed by atoms with Crippen LogP contribution in [0.5, 0.6) is 0 Å². The van der Waals surface area contributed by atoms with Crippen LogP contribution in [-0.2, 0) is 11.2 Å². The van der Waals surface area contributed by atoms with Crippen molar-refractivity contribution in [3.05, 3.63) is 71.0 Å². The third-order valence-corrected chi connectivity index (χ3v) is 4.01. The van der Waals surface area contributed by atoms with Gasteiger partial charge in [-0.1, -0.05) is 50.2 Å². The molecule has 0 saturated heterocycles. The first-order valence-electron chi connectivity index (χ1n) is 8.09. The van der Waals surface area contributed by atoms with E-state index in [0.29, 0.717) is 18.8 Å². The van der Waals surface area contributed by atoms with E-state index in [-0.39, 0.29) is 17.8 Å². The van der Waals surface area contributed by atoms with E-state index in [9.17, 15) is 9.18 Å². The van der Waals surface area contributed by atoms with Gasteiger partial charge >= 0.3 is 0 Å². The van der Waals surface area contributed by atoms with Crippen molar-refractivity contribution < 1.29 is 9.18 Å². The summed E-state index contributed by atoms with van der Waals surface area (Å²) in [5.74, 6) is 0.219. The summed E-state index contributed by atoms with van der Waals surface area (Å²) >= 11 is 0. The van der Waals surface area contributed by atoms with Crippen molar-refractivity contribution in [3.8, 4) is 0 Å². The fraction of sp³-hybridized carbons (Fsp3) is 0.350. The smallest absolute Gasteiger partial charge is 0.220 e. The Kier molecular flexibility index (Phi) is 5.91. The summed E-state index contributed by atoms with van der Waals surface area (Å²) in [5, 5.41) is 3.00. The van der Waals surface area contributed by atoms with E-state index in [1.165, 1.54) is 17.7 Å². The Labute approximate surface area is 137 Å². The summed E-state index contributed by atoms with van der Waals surface area (Å²) in [6.07, 6.45) is 0.903. The van der Waals surface area contributed by atoms with Gasteiger partial charge in [-0.25, -0.2) is 4.39 Å². The predicted molar refractivity (Wildman–Crippen MR) is 91.8 cm³/mol. The van der Waals surface area contributed by atoms with Gasteiger partial charge in [0.05, 0.1) is 6.04 Å². The summed E-state index contributed by atoms with van der Waals surface area (Å²) in [4.78, 5) is 12.1. The van der Waals surface area contributed by atoms with Crippen LogP contribution in [0.4, 0.5) is 4.39 Å². The lowest BCUT2D eigenvalue weighted by molar-refractivity contribution is -0.121. The number of hydrogen-bond donors (Lipinski definition) is 1. The third-order valence-electron chi connectivity index (χ3n) is 4.01. The molecule has 2 aromatic carbocycles. The number of carbonyl (C=O) groups is 1. The van der Waals surface area contributed by atoms with E-state index in [0.717, 1.165) is 11.1 Å². The molecule has 0 aliphatic carbocycles. The molecule has 0 spiro atoms. The van der Waals surface area contributed by atoms with Crippen molar-refractivity contribution in [1.82, 2.24) is 5.32 Å². The van der Waals surface area contributed by atoms with Crippen molar-refractivity contribution >= 4 is 5.91 Å². The maximum absolute atomic E-state index is 13.1. The molecular weight excluding hydrogens is 289 g/mol. The highest BCUT2D eigenvalue weighted by atomic mass is 19.1. The van der Waals surface area contributed by atoms with Gasteiger partial charge in [-0.3, -0.25) is 4.79 Å². The van der Waals surface area contributed by atoms with E-state index in [1.54, 1.807) is 6.07 Å². The monoisotopic (exact) mass is 313 g/mol. The molecule has 1 atom stereocenters. The normalized spacial score (nSPS) is 12.2. The first-order chi connectivity index (χ1) is 11.0. The van der Waals surface area contributed by atoms with Crippen molar-refractivity contribution in [2.75, 3.05) is 0 Å². The maximum atomic E-state index is 13.1. The average molecular weight is 313 g/mol. The van der Waals surface area contributed by atoms with Gasteiger partial charge in [-0.05, 0) is 48.1 Å². The van der Waals surface area contributed by atoms with Gasteiger partial charge in [0.2, 0.25) is 5.91 Å². The number of halogens is 1. The van der Waals surface area contributed by atoms with Crippen molar-refractivity contribution in [3.63, 3.8) is 0 Å². The number of hydrogen-bond acceptors (Lipinski definition) is 1. The SMILES string of the molecule is CC(C)c1ccc(C(C)NC(=O)CCc2cccc(F)c2)cc1. The molecule has 0 aliphatic heterocycles. The molecule has 1 amide bonds. The predicted octanol–water partition coefficient (Wildman–Crippen LogP) is 4.76. The van der Waals surface area contributed by atoms with Gasteiger partial charge in [0.1, 0.15) is 5.82 Å². The molecule has 23 heavy (non-hydrogen) atoms. The quantitative estimate of drug-likeness (QED) is 0.818. The third kappa shape index (κ3) is 5.20. The molecule has 0 radical (unpaired) electrons. The molecule has 122 valence electrons. The minimum atomic E-state index is -0.262. The van der Waals surface area contributed by atoms with E-state index < -0.39 is 0 Å². The zero-order chi connectivity index (χ0) is 16.8. The largest absolute Gasteiger partial charge is 0.350 e. The van der Waals surface area contributed by atoms with Crippen molar-refractivity contribution in [2.45, 2.75) is 45.6 Å². The lowest BCUT2D eigenvalue weighted by atomic mass is 9.99. The summed E-state index contributed by atoms with van der Waals surface area (Å²) in [6, 6.07) is 14.7. The highest BCUT2D eigenvalue weighted by Gasteiger charge is 2.10. The van der Waals surface area contributed by atoms with Gasteiger partial charge in [0.25, 0.3) is 0 Å². The van der Waals surface area contributed by atoms with E-state index >= 15 is 0 Å². The molecule has 0 bridgehead atoms. The molecule has 0 fully saturated rings. The molecule has 0 heterocycles. The first kappa shape index (κ1) is 17.2. The molecule has 2 aromatic rings. The van der Waals surface area contributed by atoms with Crippen LogP contribution < -0.4 is 5.32 Å². The average Bonchev–Trinajstić information content (AvgIpc) is 2.53. The molecule has 1 unspecified atom stereocenters. The Morgan fingerprint density at radius 2 is 1.70 bits per heavy atom. The molecule has 2 rings (SSSR count). The number of rotatable bonds is 6. The Balaban J connectivity index is 1.86. The highest BCUT2D eigenvalue weighted by Crippen LogP contribution is 2.18. The van der Waals surface area contributed by atoms with Gasteiger partial charge in [-0.15, -0.1) is 0 Å². The van der Waals surface area contributed by atoms with Crippen LogP contribution in [0, 0.1) is 5.82 Å². The second-order valence-corrected chi connectivity index (χ2v) is 6.24. The summed E-state index contributed by atoms with van der Waals surface area (Å²) < 4.78 is 13.1. The first-order valence-corrected chi connectivity index (χ1v) is 8.09. The second kappa shape index (κ2) is 7.91. The standard InChI is InChI=1S/C20H24FNO/c1-14(2)17-8-10-18(11-9-17)15(3)22-20(23)12-7-16-5-4-6-19(21)13-16/h4-6,8-11,13-15H,7,12H2,1-3H3,(H,22,23). The van der Waals surface area contributed by atoms with Crippen LogP contribution in [0.1, 0.15) is 55.8 Å². The van der Waals surface area contributed by atoms with E-state index in [1.807, 2.05) is 13.0 Å². The zero-order valence-corrected chi connectivity index (χ0v) is 14.0. The fourth-order valence-electron chi connectivity index (χ4n) is 2.52. The molecule has 0 saturated carbocycles. The van der Waals surface area contributed by atoms with E-state index in [4.69, 9.17) is 0 Å². The van der Waals surface area contributed by atoms with Gasteiger partial charge in [0, 0.05) is 6.42 Å². The molecule has 0 aromatic heterocycles. The topological polar surface area (TPSA) is 29.1 Å². The maximum Gasteiger partial charge on any atom is 0.220 e. The second-order valence-electron chi connectivity index (χ2n) is 6.24. The highest BCUT2D eigenvalue weighted by molar-refractivity contribution is 5.76. The summed E-state index contributed by atoms with van der Waals surface area (Å²) in [6.45, 7) is 6.30. The lowest BCUT2D eigenvalue weighted by Crippen LogP contribution is -2.26. The molecule has 2 nitrogen and oxygen atoms in total. The number of nitrogens with one attached hydrogen (secondary N) is 1. The van der Waals surface area contributed by atoms with E-state index in [2.05, 4.69) is 43.4 Å². The molecule has 3 heteroatoms. The zero-order valence-electron chi connectivity index (χ0n) is 14.0. The number of aryl methyl sites for hydroxylation is 1. The minimum absolute atomic E-state index is 0.0188. The summed E-state index contributed by atoms with van der Waals surface area (Å²) in [7, 11) is 0. The summed E-state index contributed by atoms with van der Waals surface area (Å²) in [5.41, 5.74) is 3.22. The van der Waals surface area contributed by atoms with Crippen LogP contribution in [0.2, 0.25) is 0 Å². The van der Waals surface area contributed by atoms with Crippen LogP contribution in [0.3, 0.4) is 0 Å². The van der Waals surface area contributed by atoms with Crippen LogP contribution in [-0.4, -0.2) is 5.91 Å². The fourth-order valence-corrected chi connectivity index (χ4v) is 2.52. The Hall–Kier alpha value is -2.16. The Morgan fingerprint density at radius 3 is 2.30 bits per heavy atom. The lowest BCUT2D eigenvalue weighted by Gasteiger charge is -2.15. The van der Waals surface area contributed by atoms with Crippen molar-refractivity contribution in [1.29, 1.82) is 0 Å². The molecular formula is C20H24FNO. The number of carbonyl (C=O) groups excluding carboxylic acids is 1. The van der Waals surface area contributed by atoms with Crippen LogP contribution in [0.15, 0.2) is 48.5 Å². The van der Waals surface area contributed by atoms with Crippen LogP contribution >= 0.6 is 0 Å². The Bertz CT molecular complexity index is 649. The number of amides is 1. The van der Waals surface area contributed by atoms with Gasteiger partial charge in [-0.2, -0.15) is 0 Å². The van der Waals surface area contributed by atoms with Crippen molar-refractivity contribution in [2.24, 2.45) is 0 Å². The molecule has 1 N–H and O–H groups in total. The molecule has 0 aliphatic rings. The minimum Gasteiger partial charge on any atom is -0.350 e. The van der Waals surface area contributed by atoms with Crippen LogP contribution in [0.25, 0.3) is 0 Å². The van der Waals surface area contributed by atoms with Gasteiger partial charge < -0.3 is 5.32 Å². The van der Waals surface area contributed by atoms with Gasteiger partial charge in [0.15, 0.2) is 0 Å². The number of benzene rings is 2. The Morgan fingerprint density at radius 1 is 1.04 bits per heavy atom.